The van der Waals surface area contributed by atoms with Gasteiger partial charge in [0, 0.05) is 11.8 Å². The summed E-state index contributed by atoms with van der Waals surface area (Å²) < 4.78 is 12.5. The summed E-state index contributed by atoms with van der Waals surface area (Å²) in [4.78, 5) is 3.59. The van der Waals surface area contributed by atoms with Crippen LogP contribution < -0.4 is 0 Å². The summed E-state index contributed by atoms with van der Waals surface area (Å²) in [5, 5.41) is 0.829. The number of aromatic nitrogens is 1. The highest BCUT2D eigenvalue weighted by atomic mass is 79.9. The summed E-state index contributed by atoms with van der Waals surface area (Å²) in [6, 6.07) is 4.58. The van der Waals surface area contributed by atoms with E-state index in [2.05, 4.69) is 32.8 Å². The molecule has 0 saturated carbocycles. The normalized spacial score (nSPS) is 8.83. The van der Waals surface area contributed by atoms with Crippen LogP contribution in [0, 0.1) is 17.8 Å². The Kier molecular flexibility index (Phi) is 3.75. The Morgan fingerprint density at radius 3 is 3.00 bits per heavy atom. The molecule has 1 aromatic rings. The van der Waals surface area contributed by atoms with Crippen LogP contribution in [0.25, 0.3) is 0 Å². The minimum absolute atomic E-state index is 0.482. The molecule has 1 aromatic heterocycles. The molecular weight excluding hydrogens is 221 g/mol. The quantitative estimate of drug-likeness (QED) is 0.408. The molecule has 3 heteroatoms. The van der Waals surface area contributed by atoms with Gasteiger partial charge >= 0.3 is 0 Å². The van der Waals surface area contributed by atoms with Gasteiger partial charge in [-0.25, -0.2) is 4.98 Å². The third kappa shape index (κ3) is 3.02. The topological polar surface area (TPSA) is 12.9 Å². The maximum atomic E-state index is 12.5. The van der Waals surface area contributed by atoms with Crippen molar-refractivity contribution in [3.05, 3.63) is 29.8 Å². The summed E-state index contributed by atoms with van der Waals surface area (Å²) in [5.41, 5.74) is 0.482. The van der Waals surface area contributed by atoms with E-state index in [1.54, 1.807) is 12.1 Å². The maximum Gasteiger partial charge on any atom is 0.214 e. The number of hydrogen-bond donors (Lipinski definition) is 0. The lowest BCUT2D eigenvalue weighted by Gasteiger charge is -1.87. The van der Waals surface area contributed by atoms with Crippen molar-refractivity contribution in [1.82, 2.24) is 4.98 Å². The van der Waals surface area contributed by atoms with Gasteiger partial charge in [0.15, 0.2) is 0 Å². The first-order chi connectivity index (χ1) is 5.83. The molecular formula is C9H7BrFN. The predicted molar refractivity (Wildman–Crippen MR) is 49.5 cm³/mol. The fourth-order valence-electron chi connectivity index (χ4n) is 0.678. The lowest BCUT2D eigenvalue weighted by molar-refractivity contribution is 0.582. The molecule has 0 aromatic carbocycles. The van der Waals surface area contributed by atoms with Gasteiger partial charge in [-0.3, -0.25) is 0 Å². The van der Waals surface area contributed by atoms with Crippen molar-refractivity contribution in [2.75, 3.05) is 5.33 Å². The lowest BCUT2D eigenvalue weighted by Crippen LogP contribution is -1.85. The summed E-state index contributed by atoms with van der Waals surface area (Å²) in [6.45, 7) is 0. The van der Waals surface area contributed by atoms with Crippen LogP contribution in [0.3, 0.4) is 0 Å². The van der Waals surface area contributed by atoms with Crippen LogP contribution in [0.2, 0.25) is 0 Å². The molecule has 0 N–H and O–H groups in total. The van der Waals surface area contributed by atoms with Gasteiger partial charge in [-0.05, 0) is 18.1 Å². The van der Waals surface area contributed by atoms with Crippen molar-refractivity contribution < 1.29 is 4.39 Å². The maximum absolute atomic E-state index is 12.5. The van der Waals surface area contributed by atoms with Gasteiger partial charge in [-0.2, -0.15) is 4.39 Å². The molecule has 1 rings (SSSR count). The van der Waals surface area contributed by atoms with E-state index in [9.17, 15) is 4.39 Å². The van der Waals surface area contributed by atoms with Crippen molar-refractivity contribution in [2.45, 2.75) is 6.42 Å². The van der Waals surface area contributed by atoms with Gasteiger partial charge in [0.1, 0.15) is 5.69 Å². The molecule has 0 saturated heterocycles. The third-order valence-corrected chi connectivity index (χ3v) is 1.55. The predicted octanol–water partition coefficient (Wildman–Crippen LogP) is 2.36. The van der Waals surface area contributed by atoms with E-state index in [1.807, 2.05) is 0 Å². The number of alkyl halides is 1. The molecule has 0 atom stereocenters. The molecule has 0 spiro atoms. The van der Waals surface area contributed by atoms with E-state index < -0.39 is 5.95 Å². The average molecular weight is 228 g/mol. The van der Waals surface area contributed by atoms with Crippen LogP contribution in [0.4, 0.5) is 4.39 Å². The van der Waals surface area contributed by atoms with E-state index in [4.69, 9.17) is 0 Å². The standard InChI is InChI=1S/C9H7BrFN/c10-7-2-1-4-8-5-3-6-9(11)12-8/h3,5-6H,2,7H2. The third-order valence-electron chi connectivity index (χ3n) is 1.15. The largest absolute Gasteiger partial charge is 0.214 e. The first-order valence-corrected chi connectivity index (χ1v) is 4.62. The van der Waals surface area contributed by atoms with Crippen LogP contribution in [-0.4, -0.2) is 10.3 Å². The highest BCUT2D eigenvalue weighted by molar-refractivity contribution is 9.09. The molecule has 0 aliphatic heterocycles. The van der Waals surface area contributed by atoms with Crippen molar-refractivity contribution >= 4 is 15.9 Å². The van der Waals surface area contributed by atoms with E-state index in [0.29, 0.717) is 5.69 Å². The molecule has 0 amide bonds. The zero-order valence-electron chi connectivity index (χ0n) is 6.35. The van der Waals surface area contributed by atoms with Gasteiger partial charge in [0.25, 0.3) is 0 Å². The Balaban J connectivity index is 2.71. The Hall–Kier alpha value is -0.880. The van der Waals surface area contributed by atoms with Crippen LogP contribution in [0.1, 0.15) is 12.1 Å². The zero-order valence-corrected chi connectivity index (χ0v) is 7.94. The van der Waals surface area contributed by atoms with Crippen molar-refractivity contribution in [3.8, 4) is 11.8 Å². The second kappa shape index (κ2) is 4.89. The monoisotopic (exact) mass is 227 g/mol. The highest BCUT2D eigenvalue weighted by Gasteiger charge is 1.90. The van der Waals surface area contributed by atoms with E-state index in [0.717, 1.165) is 11.8 Å². The molecule has 0 bridgehead atoms. The summed E-state index contributed by atoms with van der Waals surface area (Å²) in [7, 11) is 0. The molecule has 62 valence electrons. The highest BCUT2D eigenvalue weighted by Crippen LogP contribution is 1.95. The second-order valence-corrected chi connectivity index (χ2v) is 2.88. The van der Waals surface area contributed by atoms with Gasteiger partial charge in [0.2, 0.25) is 5.95 Å². The fourth-order valence-corrected chi connectivity index (χ4v) is 0.876. The Bertz CT molecular complexity index is 314. The van der Waals surface area contributed by atoms with Crippen molar-refractivity contribution in [3.63, 3.8) is 0 Å². The van der Waals surface area contributed by atoms with Gasteiger partial charge < -0.3 is 0 Å². The number of hydrogen-bond acceptors (Lipinski definition) is 1. The fraction of sp³-hybridized carbons (Fsp3) is 0.222. The van der Waals surface area contributed by atoms with Crippen molar-refractivity contribution in [2.24, 2.45) is 0 Å². The lowest BCUT2D eigenvalue weighted by atomic mass is 10.3. The second-order valence-electron chi connectivity index (χ2n) is 2.09. The van der Waals surface area contributed by atoms with Gasteiger partial charge in [0.05, 0.1) is 0 Å². The Morgan fingerprint density at radius 2 is 2.33 bits per heavy atom. The molecule has 0 aliphatic carbocycles. The Morgan fingerprint density at radius 1 is 1.50 bits per heavy atom. The number of halogens is 2. The molecule has 0 radical (unpaired) electrons. The molecule has 0 aliphatic rings. The molecule has 12 heavy (non-hydrogen) atoms. The summed E-state index contributed by atoms with van der Waals surface area (Å²) in [6.07, 6.45) is 0.748. The average Bonchev–Trinajstić information content (AvgIpc) is 2.05. The van der Waals surface area contributed by atoms with Crippen LogP contribution in [-0.2, 0) is 0 Å². The molecule has 0 fully saturated rings. The molecule has 1 nitrogen and oxygen atoms in total. The van der Waals surface area contributed by atoms with Gasteiger partial charge in [-0.15, -0.1) is 0 Å². The molecule has 0 unspecified atom stereocenters. The summed E-state index contributed by atoms with van der Waals surface area (Å²) in [5.74, 6) is 5.12. The summed E-state index contributed by atoms with van der Waals surface area (Å²) >= 11 is 3.24. The minimum Gasteiger partial charge on any atom is -0.211 e. The zero-order chi connectivity index (χ0) is 8.81. The van der Waals surface area contributed by atoms with Crippen molar-refractivity contribution in [1.29, 1.82) is 0 Å². The van der Waals surface area contributed by atoms with Crippen LogP contribution in [0.15, 0.2) is 18.2 Å². The number of pyridine rings is 1. The first-order valence-electron chi connectivity index (χ1n) is 3.50. The van der Waals surface area contributed by atoms with Gasteiger partial charge in [-0.1, -0.05) is 27.9 Å². The van der Waals surface area contributed by atoms with E-state index in [-0.39, 0.29) is 0 Å². The smallest absolute Gasteiger partial charge is 0.211 e. The molecule has 1 heterocycles. The van der Waals surface area contributed by atoms with E-state index >= 15 is 0 Å². The number of rotatable bonds is 1. The number of nitrogens with zero attached hydrogens (tertiary/aromatic N) is 1. The minimum atomic E-state index is -0.486. The van der Waals surface area contributed by atoms with E-state index in [1.165, 1.54) is 6.07 Å². The SMILES string of the molecule is Fc1cccc(C#CCCBr)n1. The van der Waals surface area contributed by atoms with Crippen LogP contribution >= 0.6 is 15.9 Å². The Labute approximate surface area is 79.1 Å². The first kappa shape index (κ1) is 9.21. The van der Waals surface area contributed by atoms with Crippen LogP contribution in [0.5, 0.6) is 0 Å².